The summed E-state index contributed by atoms with van der Waals surface area (Å²) in [5, 5.41) is 2.67. The Labute approximate surface area is 145 Å². The van der Waals surface area contributed by atoms with E-state index < -0.39 is 11.9 Å². The summed E-state index contributed by atoms with van der Waals surface area (Å²) in [7, 11) is 1.30. The Morgan fingerprint density at radius 1 is 1.00 bits per heavy atom. The summed E-state index contributed by atoms with van der Waals surface area (Å²) in [6.07, 6.45) is 0. The average Bonchev–Trinajstić information content (AvgIpc) is 2.60. The number of nitrogens with one attached hydrogen (secondary N) is 1. The highest BCUT2D eigenvalue weighted by Crippen LogP contribution is 2.18. The van der Waals surface area contributed by atoms with E-state index in [1.54, 1.807) is 42.5 Å². The van der Waals surface area contributed by atoms with Gasteiger partial charge in [0.1, 0.15) is 6.61 Å². The first-order valence-electron chi connectivity index (χ1n) is 7.63. The summed E-state index contributed by atoms with van der Waals surface area (Å²) < 4.78 is 9.94. The maximum atomic E-state index is 12.2. The second-order valence-corrected chi connectivity index (χ2v) is 5.48. The zero-order chi connectivity index (χ0) is 18.4. The lowest BCUT2D eigenvalue weighted by Crippen LogP contribution is -2.10. The number of rotatable bonds is 5. The normalized spacial score (nSPS) is 10.0. The fraction of sp³-hybridized carbons (Fsp3) is 0.211. The number of benzene rings is 2. The number of hydrogen-bond donors (Lipinski definition) is 1. The molecule has 130 valence electrons. The van der Waals surface area contributed by atoms with Gasteiger partial charge in [-0.2, -0.15) is 0 Å². The van der Waals surface area contributed by atoms with Crippen LogP contribution in [0.15, 0.2) is 42.5 Å². The van der Waals surface area contributed by atoms with E-state index in [4.69, 9.17) is 4.74 Å². The molecule has 2 rings (SSSR count). The zero-order valence-electron chi connectivity index (χ0n) is 14.3. The van der Waals surface area contributed by atoms with Crippen molar-refractivity contribution in [1.29, 1.82) is 0 Å². The summed E-state index contributed by atoms with van der Waals surface area (Å²) in [5.74, 6) is -1.19. The van der Waals surface area contributed by atoms with Crippen molar-refractivity contribution >= 4 is 23.5 Å². The van der Waals surface area contributed by atoms with Crippen LogP contribution in [0.2, 0.25) is 0 Å². The molecule has 0 aliphatic carbocycles. The summed E-state index contributed by atoms with van der Waals surface area (Å²) >= 11 is 0. The molecule has 6 nitrogen and oxygen atoms in total. The molecule has 1 N–H and O–H groups in total. The minimum Gasteiger partial charge on any atom is -0.465 e. The maximum Gasteiger partial charge on any atom is 0.338 e. The molecule has 0 atom stereocenters. The molecule has 0 saturated heterocycles. The summed E-state index contributed by atoms with van der Waals surface area (Å²) in [5.41, 5.74) is 2.80. The van der Waals surface area contributed by atoms with Crippen molar-refractivity contribution in [2.75, 3.05) is 12.4 Å². The van der Waals surface area contributed by atoms with Crippen LogP contribution in [-0.2, 0) is 20.9 Å². The quantitative estimate of drug-likeness (QED) is 0.845. The Bertz CT molecular complexity index is 813. The Kier molecular flexibility index (Phi) is 5.89. The number of amides is 1. The monoisotopic (exact) mass is 341 g/mol. The molecule has 0 spiro atoms. The molecule has 2 aromatic carbocycles. The zero-order valence-corrected chi connectivity index (χ0v) is 14.3. The SMILES string of the molecule is COC(=O)c1cccc(COC(=O)c2ccc(C)c(NC(C)=O)c2)c1. The Hall–Kier alpha value is -3.15. The van der Waals surface area contributed by atoms with Gasteiger partial charge in [0.25, 0.3) is 0 Å². The van der Waals surface area contributed by atoms with Crippen LogP contribution in [0.25, 0.3) is 0 Å². The summed E-state index contributed by atoms with van der Waals surface area (Å²) in [6, 6.07) is 11.6. The highest BCUT2D eigenvalue weighted by atomic mass is 16.5. The van der Waals surface area contributed by atoms with Gasteiger partial charge >= 0.3 is 11.9 Å². The number of hydrogen-bond acceptors (Lipinski definition) is 5. The van der Waals surface area contributed by atoms with Crippen molar-refractivity contribution in [3.05, 3.63) is 64.7 Å². The highest BCUT2D eigenvalue weighted by Gasteiger charge is 2.12. The Balaban J connectivity index is 2.08. The van der Waals surface area contributed by atoms with Crippen LogP contribution in [0.5, 0.6) is 0 Å². The molecule has 0 aliphatic heterocycles. The van der Waals surface area contributed by atoms with Gasteiger partial charge in [0, 0.05) is 12.6 Å². The molecule has 0 bridgehead atoms. The van der Waals surface area contributed by atoms with Crippen molar-refractivity contribution in [2.45, 2.75) is 20.5 Å². The molecule has 0 fully saturated rings. The molecular formula is C19H19NO5. The van der Waals surface area contributed by atoms with Crippen LogP contribution in [-0.4, -0.2) is 25.0 Å². The molecule has 0 saturated carbocycles. The first-order chi connectivity index (χ1) is 11.9. The van der Waals surface area contributed by atoms with Crippen LogP contribution >= 0.6 is 0 Å². The first-order valence-corrected chi connectivity index (χ1v) is 7.63. The van der Waals surface area contributed by atoms with E-state index in [-0.39, 0.29) is 12.5 Å². The molecule has 0 aromatic heterocycles. The van der Waals surface area contributed by atoms with Gasteiger partial charge in [-0.1, -0.05) is 18.2 Å². The van der Waals surface area contributed by atoms with Gasteiger partial charge in [-0.25, -0.2) is 9.59 Å². The number of methoxy groups -OCH3 is 1. The van der Waals surface area contributed by atoms with Crippen molar-refractivity contribution in [3.8, 4) is 0 Å². The topological polar surface area (TPSA) is 81.7 Å². The average molecular weight is 341 g/mol. The molecule has 0 unspecified atom stereocenters. The smallest absolute Gasteiger partial charge is 0.338 e. The molecule has 25 heavy (non-hydrogen) atoms. The Morgan fingerprint density at radius 2 is 1.72 bits per heavy atom. The van der Waals surface area contributed by atoms with E-state index in [1.165, 1.54) is 14.0 Å². The lowest BCUT2D eigenvalue weighted by molar-refractivity contribution is -0.114. The van der Waals surface area contributed by atoms with Gasteiger partial charge < -0.3 is 14.8 Å². The number of anilines is 1. The minimum absolute atomic E-state index is 0.0208. The van der Waals surface area contributed by atoms with Gasteiger partial charge in [-0.15, -0.1) is 0 Å². The molecule has 0 heterocycles. The highest BCUT2D eigenvalue weighted by molar-refractivity contribution is 5.94. The summed E-state index contributed by atoms with van der Waals surface area (Å²) in [6.45, 7) is 3.25. The second kappa shape index (κ2) is 8.10. The van der Waals surface area contributed by atoms with Crippen LogP contribution in [0.1, 0.15) is 38.8 Å². The van der Waals surface area contributed by atoms with Crippen LogP contribution < -0.4 is 5.32 Å². The number of carbonyl (C=O) groups is 3. The molecule has 1 amide bonds. The van der Waals surface area contributed by atoms with Crippen molar-refractivity contribution in [3.63, 3.8) is 0 Å². The number of ether oxygens (including phenoxy) is 2. The van der Waals surface area contributed by atoms with Gasteiger partial charge in [0.05, 0.1) is 18.2 Å². The number of carbonyl (C=O) groups excluding carboxylic acids is 3. The van der Waals surface area contributed by atoms with E-state index in [9.17, 15) is 14.4 Å². The van der Waals surface area contributed by atoms with Crippen molar-refractivity contribution < 1.29 is 23.9 Å². The largest absolute Gasteiger partial charge is 0.465 e. The Morgan fingerprint density at radius 3 is 2.40 bits per heavy atom. The fourth-order valence-electron chi connectivity index (χ4n) is 2.21. The lowest BCUT2D eigenvalue weighted by atomic mass is 10.1. The molecular weight excluding hydrogens is 322 g/mol. The second-order valence-electron chi connectivity index (χ2n) is 5.48. The van der Waals surface area contributed by atoms with Gasteiger partial charge in [-0.05, 0) is 42.3 Å². The number of esters is 2. The third-order valence-electron chi connectivity index (χ3n) is 3.50. The molecule has 0 aliphatic rings. The van der Waals surface area contributed by atoms with Crippen LogP contribution in [0.3, 0.4) is 0 Å². The van der Waals surface area contributed by atoms with Crippen LogP contribution in [0, 0.1) is 6.92 Å². The minimum atomic E-state index is -0.518. The first kappa shape index (κ1) is 18.2. The van der Waals surface area contributed by atoms with Gasteiger partial charge in [0.2, 0.25) is 5.91 Å². The third-order valence-corrected chi connectivity index (χ3v) is 3.50. The van der Waals surface area contributed by atoms with Crippen molar-refractivity contribution in [1.82, 2.24) is 0 Å². The molecule has 2 aromatic rings. The van der Waals surface area contributed by atoms with E-state index in [1.807, 2.05) is 6.92 Å². The van der Waals surface area contributed by atoms with E-state index in [2.05, 4.69) is 10.1 Å². The van der Waals surface area contributed by atoms with Crippen molar-refractivity contribution in [2.24, 2.45) is 0 Å². The van der Waals surface area contributed by atoms with Crippen LogP contribution in [0.4, 0.5) is 5.69 Å². The van der Waals surface area contributed by atoms with E-state index in [0.29, 0.717) is 22.4 Å². The fourth-order valence-corrected chi connectivity index (χ4v) is 2.21. The number of aryl methyl sites for hydroxylation is 1. The van der Waals surface area contributed by atoms with Gasteiger partial charge in [0.15, 0.2) is 0 Å². The summed E-state index contributed by atoms with van der Waals surface area (Å²) in [4.78, 5) is 34.9. The van der Waals surface area contributed by atoms with Gasteiger partial charge in [-0.3, -0.25) is 4.79 Å². The van der Waals surface area contributed by atoms with E-state index >= 15 is 0 Å². The maximum absolute atomic E-state index is 12.2. The lowest BCUT2D eigenvalue weighted by Gasteiger charge is -2.10. The van der Waals surface area contributed by atoms with E-state index in [0.717, 1.165) is 5.56 Å². The molecule has 6 heteroatoms. The third kappa shape index (κ3) is 4.91. The predicted octanol–water partition coefficient (Wildman–Crippen LogP) is 3.10. The predicted molar refractivity (Wildman–Crippen MR) is 92.4 cm³/mol. The standard InChI is InChI=1S/C19H19NO5/c1-12-7-8-16(10-17(12)20-13(2)21)19(23)25-11-14-5-4-6-15(9-14)18(22)24-3/h4-10H,11H2,1-3H3,(H,20,21). The molecule has 0 radical (unpaired) electrons.